The van der Waals surface area contributed by atoms with E-state index in [1.807, 2.05) is 11.0 Å². The van der Waals surface area contributed by atoms with Crippen LogP contribution in [0.5, 0.6) is 0 Å². The van der Waals surface area contributed by atoms with E-state index in [2.05, 4.69) is 27.7 Å². The van der Waals surface area contributed by atoms with Gasteiger partial charge in [-0.25, -0.2) is 0 Å². The van der Waals surface area contributed by atoms with Gasteiger partial charge in [-0.2, -0.15) is 0 Å². The number of carbonyl (C=O) groups excluding carboxylic acids is 1. The van der Waals surface area contributed by atoms with Gasteiger partial charge < -0.3 is 9.64 Å². The normalized spacial score (nSPS) is 11.1. The van der Waals surface area contributed by atoms with E-state index in [4.69, 9.17) is 4.74 Å². The number of carbonyl (C=O) groups is 1. The van der Waals surface area contributed by atoms with Crippen LogP contribution < -0.4 is 0 Å². The van der Waals surface area contributed by atoms with Gasteiger partial charge in [0.1, 0.15) is 0 Å². The summed E-state index contributed by atoms with van der Waals surface area (Å²) in [5.41, 5.74) is 1.20. The minimum absolute atomic E-state index is 0.145. The zero-order valence-corrected chi connectivity index (χ0v) is 13.5. The van der Waals surface area contributed by atoms with E-state index in [-0.39, 0.29) is 5.91 Å². The largest absolute Gasteiger partial charge is 0.383 e. The predicted octanol–water partition coefficient (Wildman–Crippen LogP) is 3.64. The van der Waals surface area contributed by atoms with Crippen LogP contribution >= 0.6 is 11.3 Å². The lowest BCUT2D eigenvalue weighted by Crippen LogP contribution is -2.41. The van der Waals surface area contributed by atoms with Gasteiger partial charge in [-0.15, -0.1) is 11.3 Å². The van der Waals surface area contributed by atoms with E-state index in [0.29, 0.717) is 19.2 Å². The van der Waals surface area contributed by atoms with E-state index >= 15 is 0 Å². The maximum absolute atomic E-state index is 12.7. The highest BCUT2D eigenvalue weighted by Crippen LogP contribution is 2.23. The number of rotatable bonds is 7. The average Bonchev–Trinajstić information content (AvgIpc) is 2.74. The zero-order valence-electron chi connectivity index (χ0n) is 12.7. The molecule has 0 bridgehead atoms. The summed E-state index contributed by atoms with van der Waals surface area (Å²) in [7, 11) is 1.68. The number of amides is 1. The van der Waals surface area contributed by atoms with Crippen molar-refractivity contribution >= 4 is 17.2 Å². The molecule has 0 aliphatic rings. The summed E-state index contributed by atoms with van der Waals surface area (Å²) in [6.07, 6.45) is 1.96. The van der Waals surface area contributed by atoms with Crippen LogP contribution in [0.15, 0.2) is 6.07 Å². The van der Waals surface area contributed by atoms with Crippen molar-refractivity contribution in [2.24, 2.45) is 0 Å². The van der Waals surface area contributed by atoms with Crippen LogP contribution in [-0.2, 0) is 4.74 Å². The molecule has 0 aromatic carbocycles. The maximum atomic E-state index is 12.7. The molecule has 4 heteroatoms. The van der Waals surface area contributed by atoms with E-state index in [0.717, 1.165) is 17.7 Å². The monoisotopic (exact) mass is 283 g/mol. The van der Waals surface area contributed by atoms with E-state index < -0.39 is 0 Å². The first-order valence-corrected chi connectivity index (χ1v) is 7.73. The van der Waals surface area contributed by atoms with Gasteiger partial charge in [-0.1, -0.05) is 13.8 Å². The standard InChI is InChI=1S/C15H25NO2S/c1-6-13(7-2)16(8-9-18-5)15(17)14-10-11(3)12(4)19-14/h10,13H,6-9H2,1-5H3. The van der Waals surface area contributed by atoms with Gasteiger partial charge in [-0.05, 0) is 38.3 Å². The van der Waals surface area contributed by atoms with Gasteiger partial charge in [-0.3, -0.25) is 4.79 Å². The number of nitrogens with zero attached hydrogens (tertiary/aromatic N) is 1. The Morgan fingerprint density at radius 2 is 2.00 bits per heavy atom. The molecule has 1 aromatic rings. The van der Waals surface area contributed by atoms with Crippen LogP contribution in [0.25, 0.3) is 0 Å². The fraction of sp³-hybridized carbons (Fsp3) is 0.667. The van der Waals surface area contributed by atoms with Crippen molar-refractivity contribution in [2.45, 2.75) is 46.6 Å². The molecule has 0 N–H and O–H groups in total. The third kappa shape index (κ3) is 4.05. The van der Waals surface area contributed by atoms with E-state index in [1.165, 1.54) is 10.4 Å². The molecule has 0 atom stereocenters. The van der Waals surface area contributed by atoms with Gasteiger partial charge in [0.25, 0.3) is 5.91 Å². The van der Waals surface area contributed by atoms with Crippen molar-refractivity contribution < 1.29 is 9.53 Å². The number of hydrogen-bond acceptors (Lipinski definition) is 3. The molecule has 0 spiro atoms. The Morgan fingerprint density at radius 3 is 2.42 bits per heavy atom. The Bertz CT molecular complexity index is 391. The molecule has 0 saturated heterocycles. The number of hydrogen-bond donors (Lipinski definition) is 0. The molecular formula is C15H25NO2S. The van der Waals surface area contributed by atoms with Crippen LogP contribution in [0.4, 0.5) is 0 Å². The highest BCUT2D eigenvalue weighted by Gasteiger charge is 2.23. The Labute approximate surface area is 120 Å². The summed E-state index contributed by atoms with van der Waals surface area (Å²) < 4.78 is 5.14. The molecule has 1 amide bonds. The molecule has 0 unspecified atom stereocenters. The SMILES string of the molecule is CCC(CC)N(CCOC)C(=O)c1cc(C)c(C)s1. The zero-order chi connectivity index (χ0) is 14.4. The lowest BCUT2D eigenvalue weighted by Gasteiger charge is -2.30. The van der Waals surface area contributed by atoms with Crippen molar-refractivity contribution in [3.8, 4) is 0 Å². The van der Waals surface area contributed by atoms with Crippen LogP contribution in [0.3, 0.4) is 0 Å². The van der Waals surface area contributed by atoms with Crippen LogP contribution in [-0.4, -0.2) is 37.1 Å². The number of ether oxygens (including phenoxy) is 1. The Morgan fingerprint density at radius 1 is 1.37 bits per heavy atom. The van der Waals surface area contributed by atoms with Crippen LogP contribution in [0, 0.1) is 13.8 Å². The minimum atomic E-state index is 0.145. The third-order valence-corrected chi connectivity index (χ3v) is 4.70. The summed E-state index contributed by atoms with van der Waals surface area (Å²) in [5, 5.41) is 0. The molecule has 0 radical (unpaired) electrons. The van der Waals surface area contributed by atoms with Crippen LogP contribution in [0.1, 0.15) is 46.8 Å². The second-order valence-electron chi connectivity index (χ2n) is 4.81. The summed E-state index contributed by atoms with van der Waals surface area (Å²) in [6, 6.07) is 2.30. The lowest BCUT2D eigenvalue weighted by molar-refractivity contribution is 0.0594. The Hall–Kier alpha value is -0.870. The van der Waals surface area contributed by atoms with Crippen molar-refractivity contribution in [1.82, 2.24) is 4.90 Å². The topological polar surface area (TPSA) is 29.5 Å². The van der Waals surface area contributed by atoms with Gasteiger partial charge in [0.15, 0.2) is 0 Å². The van der Waals surface area contributed by atoms with Gasteiger partial charge >= 0.3 is 0 Å². The molecule has 1 aromatic heterocycles. The summed E-state index contributed by atoms with van der Waals surface area (Å²) in [5.74, 6) is 0.145. The highest BCUT2D eigenvalue weighted by atomic mass is 32.1. The molecule has 1 heterocycles. The average molecular weight is 283 g/mol. The lowest BCUT2D eigenvalue weighted by atomic mass is 10.1. The molecule has 3 nitrogen and oxygen atoms in total. The van der Waals surface area contributed by atoms with Gasteiger partial charge in [0, 0.05) is 24.6 Å². The number of thiophene rings is 1. The Kier molecular flexibility index (Phi) is 6.52. The molecule has 0 saturated carbocycles. The molecular weight excluding hydrogens is 258 g/mol. The Balaban J connectivity index is 2.92. The first kappa shape index (κ1) is 16.2. The molecule has 108 valence electrons. The number of methoxy groups -OCH3 is 1. The van der Waals surface area contributed by atoms with E-state index in [9.17, 15) is 4.79 Å². The smallest absolute Gasteiger partial charge is 0.264 e. The summed E-state index contributed by atoms with van der Waals surface area (Å²) in [4.78, 5) is 16.7. The third-order valence-electron chi connectivity index (χ3n) is 3.56. The molecule has 1 rings (SSSR count). The maximum Gasteiger partial charge on any atom is 0.264 e. The molecule has 0 aliphatic carbocycles. The fourth-order valence-electron chi connectivity index (χ4n) is 2.19. The van der Waals surface area contributed by atoms with Crippen molar-refractivity contribution in [1.29, 1.82) is 0 Å². The first-order valence-electron chi connectivity index (χ1n) is 6.92. The second kappa shape index (κ2) is 7.65. The van der Waals surface area contributed by atoms with Crippen molar-refractivity contribution in [3.63, 3.8) is 0 Å². The number of aryl methyl sites for hydroxylation is 2. The van der Waals surface area contributed by atoms with E-state index in [1.54, 1.807) is 18.4 Å². The minimum Gasteiger partial charge on any atom is -0.383 e. The van der Waals surface area contributed by atoms with Crippen molar-refractivity contribution in [3.05, 3.63) is 21.4 Å². The molecule has 0 aliphatic heterocycles. The van der Waals surface area contributed by atoms with Gasteiger partial charge in [0.05, 0.1) is 11.5 Å². The fourth-order valence-corrected chi connectivity index (χ4v) is 3.18. The quantitative estimate of drug-likeness (QED) is 0.764. The predicted molar refractivity (Wildman–Crippen MR) is 81.1 cm³/mol. The summed E-state index contributed by atoms with van der Waals surface area (Å²) in [6.45, 7) is 9.63. The summed E-state index contributed by atoms with van der Waals surface area (Å²) >= 11 is 1.59. The second-order valence-corrected chi connectivity index (χ2v) is 6.07. The van der Waals surface area contributed by atoms with Gasteiger partial charge in [0.2, 0.25) is 0 Å². The van der Waals surface area contributed by atoms with Crippen molar-refractivity contribution in [2.75, 3.05) is 20.3 Å². The molecule has 19 heavy (non-hydrogen) atoms. The highest BCUT2D eigenvalue weighted by molar-refractivity contribution is 7.14. The van der Waals surface area contributed by atoms with Crippen LogP contribution in [0.2, 0.25) is 0 Å². The molecule has 0 fully saturated rings. The first-order chi connectivity index (χ1) is 9.04.